The summed E-state index contributed by atoms with van der Waals surface area (Å²) >= 11 is 6.14. The van der Waals surface area contributed by atoms with E-state index in [4.69, 9.17) is 22.1 Å². The Labute approximate surface area is 167 Å². The van der Waals surface area contributed by atoms with Crippen molar-refractivity contribution in [2.75, 3.05) is 26.8 Å². The number of rotatable bonds is 10. The van der Waals surface area contributed by atoms with E-state index in [1.54, 1.807) is 25.3 Å². The van der Waals surface area contributed by atoms with Crippen molar-refractivity contribution in [3.63, 3.8) is 0 Å². The molecule has 152 valence electrons. The molecule has 1 amide bonds. The van der Waals surface area contributed by atoms with E-state index in [2.05, 4.69) is 5.32 Å². The zero-order valence-electron chi connectivity index (χ0n) is 16.4. The van der Waals surface area contributed by atoms with Crippen molar-refractivity contribution in [1.82, 2.24) is 5.32 Å². The fourth-order valence-electron chi connectivity index (χ4n) is 4.84. The van der Waals surface area contributed by atoms with Gasteiger partial charge in [-0.05, 0) is 62.7 Å². The summed E-state index contributed by atoms with van der Waals surface area (Å²) in [6, 6.07) is 5.12. The van der Waals surface area contributed by atoms with Crippen LogP contribution in [0, 0.1) is 17.7 Å². The highest BCUT2D eigenvalue weighted by atomic mass is 35.5. The van der Waals surface area contributed by atoms with Gasteiger partial charge in [0.1, 0.15) is 5.82 Å². The molecule has 0 saturated carbocycles. The molecule has 0 aromatic heterocycles. The Balaban J connectivity index is 2.59. The maximum Gasteiger partial charge on any atom is 0.221 e. The number of primary amides is 1. The van der Waals surface area contributed by atoms with Crippen LogP contribution in [0.2, 0.25) is 5.02 Å². The normalized spacial score (nSPS) is 20.8. The highest BCUT2D eigenvalue weighted by Gasteiger charge is 2.49. The number of hydrogen-bond donors (Lipinski definition) is 2. The van der Waals surface area contributed by atoms with Gasteiger partial charge < -0.3 is 15.8 Å². The van der Waals surface area contributed by atoms with Crippen LogP contribution in [-0.4, -0.2) is 32.7 Å². The Morgan fingerprint density at radius 3 is 2.85 bits per heavy atom. The Kier molecular flexibility index (Phi) is 8.52. The third-order valence-corrected chi connectivity index (χ3v) is 6.33. The molecule has 1 aromatic carbocycles. The average Bonchev–Trinajstić information content (AvgIpc) is 2.67. The number of amides is 1. The van der Waals surface area contributed by atoms with Crippen LogP contribution in [0.15, 0.2) is 18.2 Å². The zero-order chi connectivity index (χ0) is 19.9. The molecule has 27 heavy (non-hydrogen) atoms. The molecule has 0 aliphatic carbocycles. The third kappa shape index (κ3) is 4.82. The number of hydrogen-bond acceptors (Lipinski definition) is 3. The number of unbranched alkanes of at least 4 members (excludes halogenated alkanes) is 1. The van der Waals surface area contributed by atoms with E-state index >= 15 is 4.39 Å². The van der Waals surface area contributed by atoms with Crippen molar-refractivity contribution >= 4 is 17.5 Å². The Bertz CT molecular complexity index is 622. The highest BCUT2D eigenvalue weighted by Crippen LogP contribution is 2.49. The molecule has 0 bridgehead atoms. The standard InChI is InChI=1S/C21H32ClFN2O2/c1-3-16(20(24)26)21(11-4-5-13-27-2,15-8-7-12-25-14-15)17-9-6-10-18(22)19(17)23/h6,9-10,15-16,25H,3-5,7-8,11-14H2,1-2H3,(H2,24,26)/t15-,16?,21-/m0/s1. The number of ether oxygens (including phenoxy) is 1. The molecule has 0 radical (unpaired) electrons. The monoisotopic (exact) mass is 398 g/mol. The molecule has 6 heteroatoms. The summed E-state index contributed by atoms with van der Waals surface area (Å²) in [7, 11) is 1.67. The van der Waals surface area contributed by atoms with Gasteiger partial charge in [-0.3, -0.25) is 4.79 Å². The summed E-state index contributed by atoms with van der Waals surface area (Å²) < 4.78 is 20.4. The number of piperidine rings is 1. The SMILES string of the molecule is CCC(C(N)=O)[C@@](CCCCOC)(c1cccc(Cl)c1F)[C@H]1CCCNC1. The number of carbonyl (C=O) groups excluding carboxylic acids is 1. The van der Waals surface area contributed by atoms with Crippen LogP contribution in [-0.2, 0) is 14.9 Å². The molecule has 1 unspecified atom stereocenters. The van der Waals surface area contributed by atoms with E-state index in [1.807, 2.05) is 6.92 Å². The molecule has 2 rings (SSSR count). The molecule has 1 heterocycles. The Morgan fingerprint density at radius 2 is 2.26 bits per heavy atom. The van der Waals surface area contributed by atoms with Crippen molar-refractivity contribution in [2.24, 2.45) is 17.6 Å². The number of carbonyl (C=O) groups is 1. The van der Waals surface area contributed by atoms with Gasteiger partial charge in [0.15, 0.2) is 0 Å². The molecular weight excluding hydrogens is 367 g/mol. The van der Waals surface area contributed by atoms with Crippen LogP contribution in [0.3, 0.4) is 0 Å². The molecule has 3 atom stereocenters. The lowest BCUT2D eigenvalue weighted by Crippen LogP contribution is -2.52. The van der Waals surface area contributed by atoms with Crippen LogP contribution in [0.5, 0.6) is 0 Å². The lowest BCUT2D eigenvalue weighted by molar-refractivity contribution is -0.125. The number of nitrogens with one attached hydrogen (secondary N) is 1. The van der Waals surface area contributed by atoms with Gasteiger partial charge in [-0.25, -0.2) is 4.39 Å². The molecule has 1 aliphatic heterocycles. The lowest BCUT2D eigenvalue weighted by atomic mass is 9.57. The van der Waals surface area contributed by atoms with Crippen molar-refractivity contribution in [3.8, 4) is 0 Å². The predicted octanol–water partition coefficient (Wildman–Crippen LogP) is 4.04. The van der Waals surface area contributed by atoms with E-state index in [0.29, 0.717) is 25.0 Å². The van der Waals surface area contributed by atoms with Crippen molar-refractivity contribution < 1.29 is 13.9 Å². The van der Waals surface area contributed by atoms with Gasteiger partial charge in [0, 0.05) is 25.0 Å². The summed E-state index contributed by atoms with van der Waals surface area (Å²) in [5.41, 5.74) is 5.72. The molecule has 3 N–H and O–H groups in total. The maximum atomic E-state index is 15.3. The Morgan fingerprint density at radius 1 is 1.48 bits per heavy atom. The quantitative estimate of drug-likeness (QED) is 0.584. The van der Waals surface area contributed by atoms with Gasteiger partial charge >= 0.3 is 0 Å². The van der Waals surface area contributed by atoms with Gasteiger partial charge in [0.05, 0.1) is 5.02 Å². The van der Waals surface area contributed by atoms with E-state index < -0.39 is 17.2 Å². The van der Waals surface area contributed by atoms with Gasteiger partial charge in [0.2, 0.25) is 5.91 Å². The number of halogens is 2. The van der Waals surface area contributed by atoms with Gasteiger partial charge in [-0.2, -0.15) is 0 Å². The first-order chi connectivity index (χ1) is 13.0. The van der Waals surface area contributed by atoms with Crippen LogP contribution in [0.1, 0.15) is 51.0 Å². The summed E-state index contributed by atoms with van der Waals surface area (Å²) in [5, 5.41) is 3.53. The number of nitrogens with two attached hydrogens (primary N) is 1. The van der Waals surface area contributed by atoms with Crippen LogP contribution >= 0.6 is 11.6 Å². The van der Waals surface area contributed by atoms with Gasteiger partial charge in [0.25, 0.3) is 0 Å². The molecule has 1 saturated heterocycles. The predicted molar refractivity (Wildman–Crippen MR) is 107 cm³/mol. The first kappa shape index (κ1) is 22.1. The van der Waals surface area contributed by atoms with E-state index in [1.165, 1.54) is 0 Å². The molecule has 1 fully saturated rings. The zero-order valence-corrected chi connectivity index (χ0v) is 17.2. The second-order valence-corrected chi connectivity index (χ2v) is 7.91. The fourth-order valence-corrected chi connectivity index (χ4v) is 5.02. The minimum Gasteiger partial charge on any atom is -0.385 e. The smallest absolute Gasteiger partial charge is 0.221 e. The second-order valence-electron chi connectivity index (χ2n) is 7.50. The second kappa shape index (κ2) is 10.4. The summed E-state index contributed by atoms with van der Waals surface area (Å²) in [6.07, 6.45) is 4.88. The molecular formula is C21H32ClFN2O2. The topological polar surface area (TPSA) is 64.4 Å². The molecule has 1 aromatic rings. The number of benzene rings is 1. The van der Waals surface area contributed by atoms with Gasteiger partial charge in [-0.15, -0.1) is 0 Å². The summed E-state index contributed by atoms with van der Waals surface area (Å²) in [5.74, 6) is -1.11. The average molecular weight is 399 g/mol. The minimum absolute atomic E-state index is 0.0943. The first-order valence-corrected chi connectivity index (χ1v) is 10.3. The van der Waals surface area contributed by atoms with E-state index in [9.17, 15) is 4.79 Å². The fraction of sp³-hybridized carbons (Fsp3) is 0.667. The molecule has 4 nitrogen and oxygen atoms in total. The lowest BCUT2D eigenvalue weighted by Gasteiger charge is -2.48. The minimum atomic E-state index is -0.670. The number of methoxy groups -OCH3 is 1. The Hall–Kier alpha value is -1.17. The van der Waals surface area contributed by atoms with Crippen LogP contribution < -0.4 is 11.1 Å². The largest absolute Gasteiger partial charge is 0.385 e. The van der Waals surface area contributed by atoms with Crippen molar-refractivity contribution in [1.29, 1.82) is 0 Å². The van der Waals surface area contributed by atoms with Gasteiger partial charge in [-0.1, -0.05) is 37.1 Å². The van der Waals surface area contributed by atoms with Crippen molar-refractivity contribution in [2.45, 2.75) is 50.9 Å². The van der Waals surface area contributed by atoms with Crippen molar-refractivity contribution in [3.05, 3.63) is 34.6 Å². The first-order valence-electron chi connectivity index (χ1n) is 9.92. The van der Waals surface area contributed by atoms with E-state index in [0.717, 1.165) is 38.8 Å². The van der Waals surface area contributed by atoms with E-state index in [-0.39, 0.29) is 16.8 Å². The highest BCUT2D eigenvalue weighted by molar-refractivity contribution is 6.30. The third-order valence-electron chi connectivity index (χ3n) is 6.04. The molecule has 0 spiro atoms. The summed E-state index contributed by atoms with van der Waals surface area (Å²) in [4.78, 5) is 12.5. The molecule has 1 aliphatic rings. The van der Waals surface area contributed by atoms with Crippen LogP contribution in [0.25, 0.3) is 0 Å². The van der Waals surface area contributed by atoms with Crippen LogP contribution in [0.4, 0.5) is 4.39 Å². The summed E-state index contributed by atoms with van der Waals surface area (Å²) in [6.45, 7) is 4.30. The maximum absolute atomic E-state index is 15.3.